The van der Waals surface area contributed by atoms with Crippen LogP contribution < -0.4 is 0 Å². The van der Waals surface area contributed by atoms with Crippen molar-refractivity contribution in [2.24, 2.45) is 0 Å². The summed E-state index contributed by atoms with van der Waals surface area (Å²) in [4.78, 5) is 3.08. The molecule has 2 heteroatoms. The van der Waals surface area contributed by atoms with Gasteiger partial charge >= 0.3 is 0 Å². The molecule has 0 aliphatic heterocycles. The minimum Gasteiger partial charge on any atom is -0.507 e. The topological polar surface area (TPSA) is 36.0 Å². The van der Waals surface area contributed by atoms with Gasteiger partial charge in [0.1, 0.15) is 5.75 Å². The average molecular weight is 187 g/mol. The number of phenols is 1. The predicted molar refractivity (Wildman–Crippen MR) is 57.4 cm³/mol. The smallest absolute Gasteiger partial charge is 0.125 e. The third-order valence-corrected chi connectivity index (χ3v) is 2.50. The minimum atomic E-state index is 0.329. The molecule has 0 radical (unpaired) electrons. The lowest BCUT2D eigenvalue weighted by molar-refractivity contribution is 0.476. The van der Waals surface area contributed by atoms with Crippen molar-refractivity contribution in [2.75, 3.05) is 0 Å². The minimum absolute atomic E-state index is 0.329. The molecule has 0 atom stereocenters. The fraction of sp³-hybridized carbons (Fsp3) is 0.167. The summed E-state index contributed by atoms with van der Waals surface area (Å²) in [6, 6.07) is 7.66. The monoisotopic (exact) mass is 187 g/mol. The highest BCUT2D eigenvalue weighted by atomic mass is 16.3. The number of H-pyrrole nitrogens is 1. The number of aromatic amines is 1. The molecule has 2 nitrogen and oxygen atoms in total. The summed E-state index contributed by atoms with van der Waals surface area (Å²) in [5.41, 5.74) is 4.11. The van der Waals surface area contributed by atoms with Gasteiger partial charge in [-0.3, -0.25) is 0 Å². The Morgan fingerprint density at radius 2 is 1.86 bits per heavy atom. The molecule has 2 rings (SSSR count). The summed E-state index contributed by atoms with van der Waals surface area (Å²) in [5.74, 6) is 0.329. The molecule has 0 saturated heterocycles. The van der Waals surface area contributed by atoms with Crippen LogP contribution >= 0.6 is 0 Å². The zero-order valence-corrected chi connectivity index (χ0v) is 8.33. The van der Waals surface area contributed by atoms with E-state index in [0.717, 1.165) is 16.8 Å². The second-order valence-electron chi connectivity index (χ2n) is 3.54. The number of aromatic nitrogens is 1. The van der Waals surface area contributed by atoms with Crippen LogP contribution in [0, 0.1) is 13.8 Å². The average Bonchev–Trinajstić information content (AvgIpc) is 2.64. The van der Waals surface area contributed by atoms with Gasteiger partial charge < -0.3 is 10.1 Å². The van der Waals surface area contributed by atoms with Crippen LogP contribution in [0.3, 0.4) is 0 Å². The Morgan fingerprint density at radius 3 is 2.50 bits per heavy atom. The van der Waals surface area contributed by atoms with Gasteiger partial charge in [0.25, 0.3) is 0 Å². The van der Waals surface area contributed by atoms with Crippen LogP contribution in [-0.4, -0.2) is 10.1 Å². The molecule has 0 fully saturated rings. The Bertz CT molecular complexity index is 444. The molecule has 72 valence electrons. The van der Waals surface area contributed by atoms with Gasteiger partial charge in [-0.15, -0.1) is 0 Å². The molecular weight excluding hydrogens is 174 g/mol. The van der Waals surface area contributed by atoms with Crippen molar-refractivity contribution in [2.45, 2.75) is 13.8 Å². The van der Waals surface area contributed by atoms with Crippen LogP contribution in [0.5, 0.6) is 5.75 Å². The molecule has 1 aromatic heterocycles. The molecule has 0 spiro atoms. The van der Waals surface area contributed by atoms with E-state index in [9.17, 15) is 5.11 Å². The van der Waals surface area contributed by atoms with Crippen molar-refractivity contribution in [3.8, 4) is 17.0 Å². The Hall–Kier alpha value is -1.70. The number of hydrogen-bond donors (Lipinski definition) is 2. The number of phenolic OH excluding ortho intramolecular Hbond substituents is 1. The summed E-state index contributed by atoms with van der Waals surface area (Å²) >= 11 is 0. The van der Waals surface area contributed by atoms with E-state index in [-0.39, 0.29) is 0 Å². The molecule has 0 unspecified atom stereocenters. The Balaban J connectivity index is 2.60. The zero-order chi connectivity index (χ0) is 10.1. The third kappa shape index (κ3) is 1.39. The van der Waals surface area contributed by atoms with Crippen molar-refractivity contribution in [3.05, 3.63) is 41.6 Å². The van der Waals surface area contributed by atoms with Crippen molar-refractivity contribution in [3.63, 3.8) is 0 Å². The van der Waals surface area contributed by atoms with Crippen LogP contribution in [0.25, 0.3) is 11.3 Å². The number of hydrogen-bond acceptors (Lipinski definition) is 1. The summed E-state index contributed by atoms with van der Waals surface area (Å²) in [6.45, 7) is 4.04. The van der Waals surface area contributed by atoms with Crippen LogP contribution in [-0.2, 0) is 0 Å². The van der Waals surface area contributed by atoms with E-state index < -0.39 is 0 Å². The Kier molecular flexibility index (Phi) is 2.04. The van der Waals surface area contributed by atoms with Gasteiger partial charge in [0.2, 0.25) is 0 Å². The molecule has 0 saturated carbocycles. The molecule has 0 aliphatic rings. The van der Waals surface area contributed by atoms with Crippen molar-refractivity contribution >= 4 is 0 Å². The largest absolute Gasteiger partial charge is 0.507 e. The fourth-order valence-electron chi connectivity index (χ4n) is 1.51. The van der Waals surface area contributed by atoms with Gasteiger partial charge in [0, 0.05) is 17.5 Å². The van der Waals surface area contributed by atoms with Crippen LogP contribution in [0.2, 0.25) is 0 Å². The van der Waals surface area contributed by atoms with E-state index in [0.29, 0.717) is 5.75 Å². The first kappa shape index (κ1) is 8.88. The quantitative estimate of drug-likeness (QED) is 0.707. The number of nitrogens with one attached hydrogen (secondary N) is 1. The molecule has 0 bridgehead atoms. The van der Waals surface area contributed by atoms with E-state index in [4.69, 9.17) is 0 Å². The third-order valence-electron chi connectivity index (χ3n) is 2.50. The van der Waals surface area contributed by atoms with E-state index in [1.165, 1.54) is 5.56 Å². The van der Waals surface area contributed by atoms with Crippen molar-refractivity contribution in [1.82, 2.24) is 4.98 Å². The lowest BCUT2D eigenvalue weighted by atomic mass is 10.0. The van der Waals surface area contributed by atoms with Gasteiger partial charge in [-0.2, -0.15) is 0 Å². The maximum Gasteiger partial charge on any atom is 0.125 e. The van der Waals surface area contributed by atoms with Gasteiger partial charge in [0.05, 0.1) is 0 Å². The maximum atomic E-state index is 9.77. The molecule has 0 amide bonds. The zero-order valence-electron chi connectivity index (χ0n) is 8.33. The lowest BCUT2D eigenvalue weighted by Crippen LogP contribution is -1.85. The summed E-state index contributed by atoms with van der Waals surface area (Å²) in [7, 11) is 0. The number of aryl methyl sites for hydroxylation is 2. The van der Waals surface area contributed by atoms with E-state index in [1.54, 1.807) is 6.07 Å². The van der Waals surface area contributed by atoms with E-state index in [2.05, 4.69) is 4.98 Å². The highest BCUT2D eigenvalue weighted by molar-refractivity contribution is 5.68. The first-order valence-electron chi connectivity index (χ1n) is 4.62. The first-order chi connectivity index (χ1) is 6.68. The Morgan fingerprint density at radius 1 is 1.14 bits per heavy atom. The molecule has 0 aliphatic carbocycles. The van der Waals surface area contributed by atoms with Crippen LogP contribution in [0.15, 0.2) is 30.5 Å². The lowest BCUT2D eigenvalue weighted by Gasteiger charge is -2.06. The first-order valence-corrected chi connectivity index (χ1v) is 4.62. The van der Waals surface area contributed by atoms with E-state index >= 15 is 0 Å². The molecule has 2 aromatic rings. The Labute approximate surface area is 83.2 Å². The fourth-order valence-corrected chi connectivity index (χ4v) is 1.51. The van der Waals surface area contributed by atoms with Gasteiger partial charge in [-0.05, 0) is 49.2 Å². The molecule has 2 N–H and O–H groups in total. The van der Waals surface area contributed by atoms with E-state index in [1.807, 2.05) is 38.2 Å². The van der Waals surface area contributed by atoms with Gasteiger partial charge in [-0.1, -0.05) is 0 Å². The normalized spacial score (nSPS) is 10.4. The number of aromatic hydroxyl groups is 1. The van der Waals surface area contributed by atoms with Gasteiger partial charge in [0.15, 0.2) is 0 Å². The standard InChI is InChI=1S/C12H13NO/c1-8-6-10(11-4-3-5-13-11)12(14)7-9(8)2/h3-7,13-14H,1-2H3. The second-order valence-corrected chi connectivity index (χ2v) is 3.54. The summed E-state index contributed by atoms with van der Waals surface area (Å²) < 4.78 is 0. The number of benzene rings is 1. The second kappa shape index (κ2) is 3.22. The molecule has 14 heavy (non-hydrogen) atoms. The van der Waals surface area contributed by atoms with Gasteiger partial charge in [-0.25, -0.2) is 0 Å². The van der Waals surface area contributed by atoms with Crippen LogP contribution in [0.4, 0.5) is 0 Å². The highest BCUT2D eigenvalue weighted by Gasteiger charge is 2.06. The molecular formula is C12H13NO. The maximum absolute atomic E-state index is 9.77. The van der Waals surface area contributed by atoms with Crippen molar-refractivity contribution in [1.29, 1.82) is 0 Å². The molecule has 1 aromatic carbocycles. The molecule has 1 heterocycles. The SMILES string of the molecule is Cc1cc(O)c(-c2ccc[nH]2)cc1C. The summed E-state index contributed by atoms with van der Waals surface area (Å²) in [6.07, 6.45) is 1.85. The highest BCUT2D eigenvalue weighted by Crippen LogP contribution is 2.30. The number of rotatable bonds is 1. The van der Waals surface area contributed by atoms with Crippen LogP contribution in [0.1, 0.15) is 11.1 Å². The predicted octanol–water partition coefficient (Wildman–Crippen LogP) is 3.00. The summed E-state index contributed by atoms with van der Waals surface area (Å²) in [5, 5.41) is 9.77. The van der Waals surface area contributed by atoms with Crippen molar-refractivity contribution < 1.29 is 5.11 Å².